The highest BCUT2D eigenvalue weighted by Crippen LogP contribution is 2.15. The van der Waals surface area contributed by atoms with Gasteiger partial charge in [-0.05, 0) is 12.8 Å². The third kappa shape index (κ3) is 38.8. The van der Waals surface area contributed by atoms with Crippen molar-refractivity contribution in [2.24, 2.45) is 0 Å². The molecule has 0 fully saturated rings. The number of quaternary nitrogens is 1. The Morgan fingerprint density at radius 2 is 0.667 bits per heavy atom. The number of unbranched alkanes of at least 4 members (excludes halogenated alkanes) is 19. The average molecular weight is 453 g/mol. The predicted molar refractivity (Wildman–Crippen MR) is 130 cm³/mol. The van der Waals surface area contributed by atoms with E-state index < -0.39 is 8.60 Å². The van der Waals surface area contributed by atoms with Crippen molar-refractivity contribution in [3.8, 4) is 0 Å². The summed E-state index contributed by atoms with van der Waals surface area (Å²) in [5, 5.41) is 9.61. The standard InChI is InChI=1S/C24H52NO.H3O3P/c1-4-5-6-7-8-9-10-11-12-13-14-15-16-17-18-19-20-21-22-23-24-25(2,3)26;1-4(2)3/h26H,4-24H2,1-3H3;1-3H/q+1;. The Labute approximate surface area is 189 Å². The predicted octanol–water partition coefficient (Wildman–Crippen LogP) is 7.46. The lowest BCUT2D eigenvalue weighted by atomic mass is 10.0. The first-order valence-electron chi connectivity index (χ1n) is 12.7. The summed E-state index contributed by atoms with van der Waals surface area (Å²) in [6.45, 7) is 3.18. The molecule has 0 spiro atoms. The number of nitrogens with zero attached hydrogens (tertiary/aromatic N) is 1. The van der Waals surface area contributed by atoms with E-state index in [2.05, 4.69) is 6.92 Å². The van der Waals surface area contributed by atoms with Gasteiger partial charge in [0.2, 0.25) is 0 Å². The zero-order valence-corrected chi connectivity index (χ0v) is 21.4. The quantitative estimate of drug-likeness (QED) is 0.0630. The summed E-state index contributed by atoms with van der Waals surface area (Å²) < 4.78 is 0.124. The molecule has 0 aromatic rings. The molecule has 0 atom stereocenters. The number of hydrogen-bond donors (Lipinski definition) is 4. The molecule has 30 heavy (non-hydrogen) atoms. The minimum absolute atomic E-state index is 0.124. The molecule has 0 rings (SSSR count). The largest absolute Gasteiger partial charge is 0.328 e. The highest BCUT2D eigenvalue weighted by Gasteiger charge is 2.08. The Hall–Kier alpha value is 0.230. The van der Waals surface area contributed by atoms with Gasteiger partial charge >= 0.3 is 8.60 Å². The van der Waals surface area contributed by atoms with E-state index in [0.717, 1.165) is 13.0 Å². The summed E-state index contributed by atoms with van der Waals surface area (Å²) in [6.07, 6.45) is 28.4. The summed E-state index contributed by atoms with van der Waals surface area (Å²) in [5.41, 5.74) is 0. The average Bonchev–Trinajstić information content (AvgIpc) is 2.65. The van der Waals surface area contributed by atoms with Gasteiger partial charge in [-0.3, -0.25) is 0 Å². The molecule has 0 aromatic carbocycles. The molecule has 0 saturated carbocycles. The minimum Gasteiger partial charge on any atom is -0.328 e. The lowest BCUT2D eigenvalue weighted by Crippen LogP contribution is -2.36. The number of hydrogen-bond acceptors (Lipinski definition) is 4. The molecule has 0 aliphatic rings. The van der Waals surface area contributed by atoms with Crippen molar-refractivity contribution in [2.75, 3.05) is 20.6 Å². The van der Waals surface area contributed by atoms with Gasteiger partial charge in [0.25, 0.3) is 0 Å². The molecule has 4 N–H and O–H groups in total. The second-order valence-electron chi connectivity index (χ2n) is 9.33. The van der Waals surface area contributed by atoms with E-state index in [9.17, 15) is 5.21 Å². The van der Waals surface area contributed by atoms with Crippen LogP contribution in [0.5, 0.6) is 0 Å². The van der Waals surface area contributed by atoms with E-state index in [-0.39, 0.29) is 4.65 Å². The van der Waals surface area contributed by atoms with Crippen molar-refractivity contribution in [2.45, 2.75) is 135 Å². The fraction of sp³-hybridized carbons (Fsp3) is 1.00. The van der Waals surface area contributed by atoms with E-state index in [1.165, 1.54) is 122 Å². The molecule has 6 heteroatoms. The summed E-state index contributed by atoms with van der Waals surface area (Å²) in [6, 6.07) is 0. The minimum atomic E-state index is -2.62. The van der Waals surface area contributed by atoms with Gasteiger partial charge in [0.15, 0.2) is 0 Å². The van der Waals surface area contributed by atoms with E-state index in [1.54, 1.807) is 0 Å². The Bertz CT molecular complexity index is 309. The van der Waals surface area contributed by atoms with Gasteiger partial charge < -0.3 is 14.7 Å². The second-order valence-corrected chi connectivity index (χ2v) is 9.87. The summed E-state index contributed by atoms with van der Waals surface area (Å²) in [4.78, 5) is 21.7. The van der Waals surface area contributed by atoms with Gasteiger partial charge in [0, 0.05) is 0 Å². The smallest absolute Gasteiger partial charge is 0.324 e. The van der Waals surface area contributed by atoms with Gasteiger partial charge in [0.05, 0.1) is 14.1 Å². The molecule has 184 valence electrons. The van der Waals surface area contributed by atoms with Crippen LogP contribution in [0.4, 0.5) is 0 Å². The number of rotatable bonds is 21. The van der Waals surface area contributed by atoms with Crippen LogP contribution in [0.2, 0.25) is 0 Å². The SMILES string of the molecule is CCCCCCCCCCCCCCCCCCCCCC[N+](C)(C)O.OP(O)O. The third-order valence-corrected chi connectivity index (χ3v) is 5.56. The first kappa shape index (κ1) is 32.4. The van der Waals surface area contributed by atoms with Gasteiger partial charge in [-0.1, -0.05) is 122 Å². The molecule has 0 saturated heterocycles. The van der Waals surface area contributed by atoms with Crippen LogP contribution >= 0.6 is 8.60 Å². The van der Waals surface area contributed by atoms with Crippen LogP contribution in [-0.2, 0) is 0 Å². The van der Waals surface area contributed by atoms with Crippen LogP contribution in [-0.4, -0.2) is 45.2 Å². The van der Waals surface area contributed by atoms with Crippen LogP contribution in [0.3, 0.4) is 0 Å². The summed E-state index contributed by atoms with van der Waals surface area (Å²) >= 11 is 0. The van der Waals surface area contributed by atoms with Crippen LogP contribution in [0.15, 0.2) is 0 Å². The molecule has 0 aliphatic carbocycles. The topological polar surface area (TPSA) is 80.9 Å². The highest BCUT2D eigenvalue weighted by atomic mass is 31.2. The lowest BCUT2D eigenvalue weighted by Gasteiger charge is -2.18. The molecule has 0 radical (unpaired) electrons. The molecule has 0 bridgehead atoms. The Morgan fingerprint density at radius 1 is 0.467 bits per heavy atom. The monoisotopic (exact) mass is 452 g/mol. The van der Waals surface area contributed by atoms with Gasteiger partial charge in [-0.2, -0.15) is 4.65 Å². The van der Waals surface area contributed by atoms with E-state index in [1.807, 2.05) is 14.1 Å². The summed E-state index contributed by atoms with van der Waals surface area (Å²) in [5.74, 6) is 0. The van der Waals surface area contributed by atoms with Crippen molar-refractivity contribution in [1.82, 2.24) is 0 Å². The van der Waals surface area contributed by atoms with Gasteiger partial charge in [0.1, 0.15) is 6.54 Å². The lowest BCUT2D eigenvalue weighted by molar-refractivity contribution is -1.07. The maximum atomic E-state index is 9.61. The van der Waals surface area contributed by atoms with Crippen molar-refractivity contribution < 1.29 is 24.5 Å². The molecule has 0 aliphatic heterocycles. The first-order valence-corrected chi connectivity index (χ1v) is 13.9. The Balaban J connectivity index is 0. The first-order chi connectivity index (χ1) is 14.3. The Morgan fingerprint density at radius 3 is 0.867 bits per heavy atom. The molecule has 0 amide bonds. The van der Waals surface area contributed by atoms with Crippen molar-refractivity contribution >= 4 is 8.60 Å². The van der Waals surface area contributed by atoms with Crippen molar-refractivity contribution in [3.05, 3.63) is 0 Å². The second kappa shape index (κ2) is 25.5. The zero-order valence-electron chi connectivity index (χ0n) is 20.5. The van der Waals surface area contributed by atoms with Gasteiger partial charge in [-0.15, -0.1) is 0 Å². The summed E-state index contributed by atoms with van der Waals surface area (Å²) in [7, 11) is 1.09. The molecule has 0 heterocycles. The van der Waals surface area contributed by atoms with Crippen LogP contribution in [0.1, 0.15) is 135 Å². The normalized spacial score (nSPS) is 11.6. The van der Waals surface area contributed by atoms with E-state index in [0.29, 0.717) is 0 Å². The zero-order chi connectivity index (χ0) is 22.9. The van der Waals surface area contributed by atoms with Crippen molar-refractivity contribution in [1.29, 1.82) is 0 Å². The maximum absolute atomic E-state index is 9.61. The fourth-order valence-electron chi connectivity index (χ4n) is 3.75. The van der Waals surface area contributed by atoms with Crippen LogP contribution in [0, 0.1) is 0 Å². The maximum Gasteiger partial charge on any atom is 0.324 e. The highest BCUT2D eigenvalue weighted by molar-refractivity contribution is 7.38. The molecule has 5 nitrogen and oxygen atoms in total. The Kier molecular flexibility index (Phi) is 27.5. The van der Waals surface area contributed by atoms with Crippen LogP contribution < -0.4 is 0 Å². The van der Waals surface area contributed by atoms with Gasteiger partial charge in [-0.25, -0.2) is 5.21 Å². The number of hydroxylamine groups is 3. The molecular formula is C24H55NO4P+. The van der Waals surface area contributed by atoms with E-state index >= 15 is 0 Å². The van der Waals surface area contributed by atoms with Crippen molar-refractivity contribution in [3.63, 3.8) is 0 Å². The molecule has 0 unspecified atom stereocenters. The molecular weight excluding hydrogens is 397 g/mol. The van der Waals surface area contributed by atoms with E-state index in [4.69, 9.17) is 14.7 Å². The third-order valence-electron chi connectivity index (χ3n) is 5.56. The van der Waals surface area contributed by atoms with Crippen LogP contribution in [0.25, 0.3) is 0 Å². The molecule has 0 aromatic heterocycles. The fourth-order valence-corrected chi connectivity index (χ4v) is 3.75.